The monoisotopic (exact) mass is 1130 g/mol. The summed E-state index contributed by atoms with van der Waals surface area (Å²) in [5.74, 6) is 6.12. The molecular formula is C62H52N10O8Zn. The quantitative estimate of drug-likeness (QED) is 0.0474. The number of esters is 4. The summed E-state index contributed by atoms with van der Waals surface area (Å²) < 4.78 is 22.2. The van der Waals surface area contributed by atoms with Gasteiger partial charge in [-0.15, -0.1) is 22.1 Å². The van der Waals surface area contributed by atoms with Crippen molar-refractivity contribution in [2.75, 3.05) is 28.4 Å². The first-order valence-corrected chi connectivity index (χ1v) is 25.9. The van der Waals surface area contributed by atoms with Crippen molar-refractivity contribution in [1.82, 2.24) is 49.4 Å². The summed E-state index contributed by atoms with van der Waals surface area (Å²) in [6, 6.07) is 17.3. The van der Waals surface area contributed by atoms with Gasteiger partial charge in [-0.1, -0.05) is 36.1 Å². The number of aryl methyl sites for hydroxylation is 5. The second-order valence-electron chi connectivity index (χ2n) is 19.0. The van der Waals surface area contributed by atoms with E-state index in [2.05, 4.69) is 21.8 Å². The maximum atomic E-state index is 12.8. The van der Waals surface area contributed by atoms with Gasteiger partial charge in [0.25, 0.3) is 0 Å². The van der Waals surface area contributed by atoms with Crippen LogP contribution in [0.5, 0.6) is 0 Å². The zero-order valence-corrected chi connectivity index (χ0v) is 48.1. The molecule has 4 aliphatic rings. The van der Waals surface area contributed by atoms with Gasteiger partial charge >= 0.3 is 43.4 Å². The van der Waals surface area contributed by atoms with E-state index in [0.717, 1.165) is 33.2 Å². The van der Waals surface area contributed by atoms with E-state index in [-0.39, 0.29) is 69.9 Å². The number of hydrogen-bond donors (Lipinski definition) is 2. The number of imidazole rings is 1. The molecule has 7 aromatic rings. The molecule has 11 heterocycles. The molecule has 11 rings (SSSR count). The number of nitrogens with one attached hydrogen (secondary N) is 2. The van der Waals surface area contributed by atoms with Gasteiger partial charge in [-0.3, -0.25) is 19.2 Å². The Morgan fingerprint density at radius 1 is 0.481 bits per heavy atom. The molecule has 0 radical (unpaired) electrons. The van der Waals surface area contributed by atoms with Gasteiger partial charge in [-0.25, -0.2) is 24.9 Å². The number of rotatable bonds is 13. The molecular weight excluding hydrogens is 1080 g/mol. The molecule has 0 atom stereocenters. The number of nitrogens with zero attached hydrogens (tertiary/aromatic N) is 8. The summed E-state index contributed by atoms with van der Waals surface area (Å²) in [6.45, 7) is 0. The molecule has 0 fully saturated rings. The SMILES string of the molecule is COC(=O)CCc1c2nc(c(-c3nccn3C)c3nc(c(CCC(=O)OC)c4ccc([n-]4)c(C#Cc4c5nc(c(CCC(=O)OC)c6ccc(cc7ccc([nH]7)c(CCC(=O)OC)c7nc4C=C7)[nH]6)C=C5)c4ccc1[n-]4)C=C3)C=C2.[Zn+2]. The van der Waals surface area contributed by atoms with E-state index in [9.17, 15) is 19.2 Å². The summed E-state index contributed by atoms with van der Waals surface area (Å²) in [6.07, 6.45) is 20.3. The molecule has 0 unspecified atom stereocenters. The molecule has 81 heavy (non-hydrogen) atoms. The smallest absolute Gasteiger partial charge is 0.657 e. The van der Waals surface area contributed by atoms with Crippen LogP contribution in [0.15, 0.2) is 67.0 Å². The first kappa shape index (κ1) is 54.8. The third kappa shape index (κ3) is 11.5. The predicted molar refractivity (Wildman–Crippen MR) is 305 cm³/mol. The minimum Gasteiger partial charge on any atom is -0.657 e. The van der Waals surface area contributed by atoms with E-state index in [4.69, 9.17) is 53.8 Å². The minimum absolute atomic E-state index is 0. The number of fused-ring (bicyclic) bond motifs is 16. The van der Waals surface area contributed by atoms with Crippen molar-refractivity contribution in [3.8, 4) is 23.2 Å². The Kier molecular flexibility index (Phi) is 16.1. The Hall–Kier alpha value is -9.53. The molecule has 16 bridgehead atoms. The van der Waals surface area contributed by atoms with Crippen LogP contribution in [0, 0.1) is 11.8 Å². The molecule has 7 aromatic heterocycles. The van der Waals surface area contributed by atoms with Crippen LogP contribution in [-0.2, 0) is 90.3 Å². The van der Waals surface area contributed by atoms with E-state index in [1.54, 1.807) is 6.20 Å². The van der Waals surface area contributed by atoms with Crippen LogP contribution >= 0.6 is 0 Å². The molecule has 0 spiro atoms. The zero-order chi connectivity index (χ0) is 55.4. The second-order valence-corrected chi connectivity index (χ2v) is 19.0. The number of aromatic nitrogens is 10. The van der Waals surface area contributed by atoms with Crippen molar-refractivity contribution < 1.29 is 57.6 Å². The van der Waals surface area contributed by atoms with Gasteiger partial charge in [-0.2, -0.15) is 0 Å². The molecule has 0 saturated carbocycles. The fourth-order valence-electron chi connectivity index (χ4n) is 10.0. The third-order valence-corrected chi connectivity index (χ3v) is 14.2. The largest absolute Gasteiger partial charge is 2.00 e. The first-order chi connectivity index (χ1) is 39.0. The summed E-state index contributed by atoms with van der Waals surface area (Å²) >= 11 is 0. The van der Waals surface area contributed by atoms with Gasteiger partial charge in [0, 0.05) is 78.3 Å². The fraction of sp³-hybridized carbons (Fsp3) is 0.210. The Morgan fingerprint density at radius 2 is 0.852 bits per heavy atom. The van der Waals surface area contributed by atoms with Crippen molar-refractivity contribution in [2.45, 2.75) is 51.4 Å². The van der Waals surface area contributed by atoms with Crippen LogP contribution in [0.25, 0.3) is 104 Å². The Labute approximate surface area is 477 Å². The van der Waals surface area contributed by atoms with Gasteiger partial charge in [-0.05, 0) is 121 Å². The number of ether oxygens (including phenoxy) is 4. The zero-order valence-electron chi connectivity index (χ0n) is 45.2. The van der Waals surface area contributed by atoms with E-state index >= 15 is 0 Å². The molecule has 18 nitrogen and oxygen atoms in total. The molecule has 2 N–H and O–H groups in total. The van der Waals surface area contributed by atoms with Crippen molar-refractivity contribution in [1.29, 1.82) is 0 Å². The second kappa shape index (κ2) is 23.8. The number of carbonyl (C=O) groups is 4. The molecule has 4 aliphatic heterocycles. The Balaban J connectivity index is 0.00000736. The van der Waals surface area contributed by atoms with Crippen LogP contribution in [0.3, 0.4) is 0 Å². The van der Waals surface area contributed by atoms with E-state index in [1.807, 2.05) is 121 Å². The molecule has 0 aliphatic carbocycles. The van der Waals surface area contributed by atoms with E-state index in [1.165, 1.54) is 28.4 Å². The van der Waals surface area contributed by atoms with Gasteiger partial charge in [0.05, 0.1) is 85.1 Å². The van der Waals surface area contributed by atoms with Gasteiger partial charge < -0.3 is 43.5 Å². The van der Waals surface area contributed by atoms with E-state index in [0.29, 0.717) is 114 Å². The molecule has 0 saturated heterocycles. The van der Waals surface area contributed by atoms with Crippen LogP contribution in [0.1, 0.15) is 105 Å². The summed E-state index contributed by atoms with van der Waals surface area (Å²) in [4.78, 5) is 93.9. The number of carbonyl (C=O) groups excluding carboxylic acids is 4. The molecule has 19 heteroatoms. The minimum atomic E-state index is -0.391. The molecule has 0 aromatic carbocycles. The number of methoxy groups -OCH3 is 4. The van der Waals surface area contributed by atoms with Crippen LogP contribution < -0.4 is 9.97 Å². The standard InChI is InChI=1S/C62H52N10O8.Zn/c1-72-33-32-63-62(72)61-55-26-24-53(70-55)41(12-30-59(75)79-4)51-22-18-47(68-51)38(48-19-23-52(69-48)42(13-31-60(76)80-5)54-25-27-56(61)71-54)9-8-37-45-16-20-49(66-45)39(10-28-57(73)77-2)43-14-6-35(64-43)34-36-7-15-44(65-36)40(11-29-58(74)78-3)50-21-17-46(37)67-50;/h6-7,14-27,32-34H,10-13,28-31H2,1-5H3,(H2-2,63,64,65,66,67,68,69,70,71);/q-2;+2. The normalized spacial score (nSPS) is 12.0. The fourth-order valence-corrected chi connectivity index (χ4v) is 10.0. The van der Waals surface area contributed by atoms with E-state index < -0.39 is 11.9 Å². The Morgan fingerprint density at radius 3 is 1.27 bits per heavy atom. The van der Waals surface area contributed by atoms with Gasteiger partial charge in [0.15, 0.2) is 0 Å². The summed E-state index contributed by atoms with van der Waals surface area (Å²) in [5, 5.41) is 0. The van der Waals surface area contributed by atoms with Gasteiger partial charge in [0.2, 0.25) is 0 Å². The van der Waals surface area contributed by atoms with Crippen molar-refractivity contribution >= 4 is 117 Å². The average Bonchev–Trinajstić information content (AvgIpc) is 4.34. The molecule has 400 valence electrons. The summed E-state index contributed by atoms with van der Waals surface area (Å²) in [5.41, 5.74) is 14.5. The number of hydrogen-bond acceptors (Lipinski definition) is 13. The number of H-pyrrole nitrogens is 2. The van der Waals surface area contributed by atoms with Crippen LogP contribution in [-0.4, -0.2) is 91.8 Å². The van der Waals surface area contributed by atoms with Crippen LogP contribution in [0.2, 0.25) is 0 Å². The third-order valence-electron chi connectivity index (χ3n) is 14.2. The average molecular weight is 1130 g/mol. The first-order valence-electron chi connectivity index (χ1n) is 25.9. The van der Waals surface area contributed by atoms with Crippen molar-refractivity contribution in [3.05, 3.63) is 146 Å². The predicted octanol–water partition coefficient (Wildman–Crippen LogP) is 9.10. The number of aromatic amines is 2. The van der Waals surface area contributed by atoms with Crippen LogP contribution in [0.4, 0.5) is 0 Å². The van der Waals surface area contributed by atoms with Crippen molar-refractivity contribution in [3.63, 3.8) is 0 Å². The molecule has 0 amide bonds. The van der Waals surface area contributed by atoms with Gasteiger partial charge in [0.1, 0.15) is 5.82 Å². The Bertz CT molecular complexity index is 4030. The summed E-state index contributed by atoms with van der Waals surface area (Å²) in [7, 11) is 7.35. The maximum absolute atomic E-state index is 12.8. The van der Waals surface area contributed by atoms with Crippen molar-refractivity contribution in [2.24, 2.45) is 7.05 Å². The topological polar surface area (TPSA) is 234 Å². The maximum Gasteiger partial charge on any atom is 2.00 e.